The van der Waals surface area contributed by atoms with Crippen LogP contribution in [-0.2, 0) is 9.53 Å². The molecule has 19 heavy (non-hydrogen) atoms. The van der Waals surface area contributed by atoms with E-state index in [4.69, 9.17) is 13.9 Å². The third-order valence-corrected chi connectivity index (χ3v) is 2.54. The number of hydrogen-bond acceptors (Lipinski definition) is 5. The van der Waals surface area contributed by atoms with E-state index >= 15 is 0 Å². The van der Waals surface area contributed by atoms with E-state index in [0.29, 0.717) is 11.5 Å². The summed E-state index contributed by atoms with van der Waals surface area (Å²) in [5, 5.41) is 0. The number of rotatable bonds is 5. The summed E-state index contributed by atoms with van der Waals surface area (Å²) in [5.74, 6) is 1.29. The average molecular weight is 262 g/mol. The molecule has 1 aromatic carbocycles. The van der Waals surface area contributed by atoms with Gasteiger partial charge >= 0.3 is 5.97 Å². The predicted octanol–water partition coefficient (Wildman–Crippen LogP) is 2.51. The molecular weight excluding hydrogens is 248 g/mol. The number of benzene rings is 1. The molecule has 0 radical (unpaired) electrons. The lowest BCUT2D eigenvalue weighted by molar-refractivity contribution is -0.142. The summed E-state index contributed by atoms with van der Waals surface area (Å²) < 4.78 is 20.4. The quantitative estimate of drug-likeness (QED) is 0.775. The largest absolute Gasteiger partial charge is 0.493 e. The summed E-state index contributed by atoms with van der Waals surface area (Å²) >= 11 is 0. The van der Waals surface area contributed by atoms with E-state index in [0.717, 1.165) is 11.3 Å². The molecule has 0 atom stereocenters. The van der Waals surface area contributed by atoms with Crippen molar-refractivity contribution in [1.82, 2.24) is 0 Å². The van der Waals surface area contributed by atoms with Crippen molar-refractivity contribution in [3.05, 3.63) is 36.6 Å². The first-order chi connectivity index (χ1) is 9.24. The van der Waals surface area contributed by atoms with Crippen LogP contribution in [0.15, 0.2) is 41.0 Å². The lowest BCUT2D eigenvalue weighted by Gasteiger charge is -2.10. The van der Waals surface area contributed by atoms with Crippen molar-refractivity contribution in [2.24, 2.45) is 0 Å². The van der Waals surface area contributed by atoms with Gasteiger partial charge < -0.3 is 18.6 Å². The van der Waals surface area contributed by atoms with Gasteiger partial charge in [-0.05, 0) is 30.3 Å². The zero-order valence-corrected chi connectivity index (χ0v) is 10.7. The molecule has 0 N–H and O–H groups in total. The zero-order chi connectivity index (χ0) is 13.7. The van der Waals surface area contributed by atoms with E-state index in [1.54, 1.807) is 18.4 Å². The highest BCUT2D eigenvalue weighted by atomic mass is 16.6. The molecule has 0 saturated carbocycles. The molecule has 2 aromatic rings. The van der Waals surface area contributed by atoms with Crippen LogP contribution in [0.2, 0.25) is 0 Å². The fraction of sp³-hybridized carbons (Fsp3) is 0.214. The van der Waals surface area contributed by atoms with Crippen LogP contribution in [0.5, 0.6) is 11.5 Å². The summed E-state index contributed by atoms with van der Waals surface area (Å²) in [6, 6.07) is 8.99. The Morgan fingerprint density at radius 3 is 2.68 bits per heavy atom. The molecule has 0 unspecified atom stereocenters. The van der Waals surface area contributed by atoms with Gasteiger partial charge in [0, 0.05) is 5.56 Å². The number of ether oxygens (including phenoxy) is 3. The SMILES string of the molecule is COC(=O)COc1ccc(-c2ccco2)cc1OC. The van der Waals surface area contributed by atoms with E-state index < -0.39 is 5.97 Å². The normalized spacial score (nSPS) is 10.0. The highest BCUT2D eigenvalue weighted by Gasteiger charge is 2.10. The van der Waals surface area contributed by atoms with Crippen molar-refractivity contribution in [2.45, 2.75) is 0 Å². The lowest BCUT2D eigenvalue weighted by Crippen LogP contribution is -2.12. The Hall–Kier alpha value is -2.43. The van der Waals surface area contributed by atoms with Crippen LogP contribution in [0.3, 0.4) is 0 Å². The number of hydrogen-bond donors (Lipinski definition) is 0. The molecule has 0 aliphatic carbocycles. The van der Waals surface area contributed by atoms with Crippen LogP contribution in [0, 0.1) is 0 Å². The van der Waals surface area contributed by atoms with Gasteiger partial charge in [0.15, 0.2) is 18.1 Å². The molecule has 5 nitrogen and oxygen atoms in total. The molecule has 0 aliphatic heterocycles. The Morgan fingerprint density at radius 2 is 2.05 bits per heavy atom. The Bertz CT molecular complexity index is 545. The molecular formula is C14H14O5. The second-order valence-electron chi connectivity index (χ2n) is 3.71. The molecule has 1 aromatic heterocycles. The van der Waals surface area contributed by atoms with Crippen molar-refractivity contribution >= 4 is 5.97 Å². The van der Waals surface area contributed by atoms with Gasteiger partial charge in [-0.25, -0.2) is 4.79 Å². The summed E-state index contributed by atoms with van der Waals surface area (Å²) in [7, 11) is 2.84. The first kappa shape index (κ1) is 13.0. The van der Waals surface area contributed by atoms with E-state index in [9.17, 15) is 4.79 Å². The van der Waals surface area contributed by atoms with Gasteiger partial charge in [-0.1, -0.05) is 0 Å². The van der Waals surface area contributed by atoms with Crippen LogP contribution in [-0.4, -0.2) is 26.8 Å². The first-order valence-electron chi connectivity index (χ1n) is 5.66. The van der Waals surface area contributed by atoms with Crippen LogP contribution in [0.1, 0.15) is 0 Å². The highest BCUT2D eigenvalue weighted by molar-refractivity contribution is 5.71. The van der Waals surface area contributed by atoms with Crippen molar-refractivity contribution in [3.8, 4) is 22.8 Å². The first-order valence-corrected chi connectivity index (χ1v) is 5.66. The van der Waals surface area contributed by atoms with Crippen molar-refractivity contribution < 1.29 is 23.4 Å². The van der Waals surface area contributed by atoms with Gasteiger partial charge in [0.2, 0.25) is 0 Å². The minimum absolute atomic E-state index is 0.160. The number of methoxy groups -OCH3 is 2. The van der Waals surface area contributed by atoms with Gasteiger partial charge in [0.1, 0.15) is 5.76 Å². The highest BCUT2D eigenvalue weighted by Crippen LogP contribution is 2.32. The second kappa shape index (κ2) is 5.95. The van der Waals surface area contributed by atoms with Crippen molar-refractivity contribution in [1.29, 1.82) is 0 Å². The minimum Gasteiger partial charge on any atom is -0.493 e. The third kappa shape index (κ3) is 3.07. The Kier molecular flexibility index (Phi) is 4.07. The minimum atomic E-state index is -0.447. The number of esters is 1. The summed E-state index contributed by atoms with van der Waals surface area (Å²) in [4.78, 5) is 11.0. The lowest BCUT2D eigenvalue weighted by atomic mass is 10.1. The number of carbonyl (C=O) groups is 1. The number of furan rings is 1. The molecule has 5 heteroatoms. The van der Waals surface area contributed by atoms with Gasteiger partial charge in [0.25, 0.3) is 0 Å². The van der Waals surface area contributed by atoms with Gasteiger partial charge in [0.05, 0.1) is 20.5 Å². The Labute approximate surface area is 110 Å². The van der Waals surface area contributed by atoms with Gasteiger partial charge in [-0.3, -0.25) is 0 Å². The maximum atomic E-state index is 11.0. The zero-order valence-electron chi connectivity index (χ0n) is 10.7. The van der Waals surface area contributed by atoms with E-state index in [1.807, 2.05) is 18.2 Å². The molecule has 0 amide bonds. The number of carbonyl (C=O) groups excluding carboxylic acids is 1. The van der Waals surface area contributed by atoms with Crippen LogP contribution in [0.25, 0.3) is 11.3 Å². The molecule has 0 spiro atoms. The maximum absolute atomic E-state index is 11.0. The van der Waals surface area contributed by atoms with Gasteiger partial charge in [-0.2, -0.15) is 0 Å². The summed E-state index contributed by atoms with van der Waals surface area (Å²) in [6.07, 6.45) is 1.60. The molecule has 0 saturated heterocycles. The van der Waals surface area contributed by atoms with Crippen molar-refractivity contribution in [3.63, 3.8) is 0 Å². The Morgan fingerprint density at radius 1 is 1.21 bits per heavy atom. The summed E-state index contributed by atoms with van der Waals surface area (Å²) in [6.45, 7) is -0.160. The molecule has 1 heterocycles. The smallest absolute Gasteiger partial charge is 0.343 e. The second-order valence-corrected chi connectivity index (χ2v) is 3.71. The van der Waals surface area contributed by atoms with Crippen LogP contribution < -0.4 is 9.47 Å². The van der Waals surface area contributed by atoms with E-state index in [-0.39, 0.29) is 6.61 Å². The molecule has 2 rings (SSSR count). The Balaban J connectivity index is 2.19. The fourth-order valence-corrected chi connectivity index (χ4v) is 1.58. The average Bonchev–Trinajstić information content (AvgIpc) is 2.98. The maximum Gasteiger partial charge on any atom is 0.343 e. The van der Waals surface area contributed by atoms with E-state index in [1.165, 1.54) is 14.2 Å². The van der Waals surface area contributed by atoms with Gasteiger partial charge in [-0.15, -0.1) is 0 Å². The molecule has 0 bridgehead atoms. The monoisotopic (exact) mass is 262 g/mol. The standard InChI is InChI=1S/C14H14O5/c1-16-13-8-10(11-4-3-7-18-11)5-6-12(13)19-9-14(15)17-2/h3-8H,9H2,1-2H3. The summed E-state index contributed by atoms with van der Waals surface area (Å²) in [5.41, 5.74) is 0.868. The van der Waals surface area contributed by atoms with Crippen molar-refractivity contribution in [2.75, 3.05) is 20.8 Å². The molecule has 0 fully saturated rings. The van der Waals surface area contributed by atoms with Crippen LogP contribution in [0.4, 0.5) is 0 Å². The molecule has 100 valence electrons. The van der Waals surface area contributed by atoms with Crippen LogP contribution >= 0.6 is 0 Å². The fourth-order valence-electron chi connectivity index (χ4n) is 1.58. The predicted molar refractivity (Wildman–Crippen MR) is 68.2 cm³/mol. The molecule has 0 aliphatic rings. The third-order valence-electron chi connectivity index (χ3n) is 2.54. The topological polar surface area (TPSA) is 57.9 Å². The van der Waals surface area contributed by atoms with E-state index in [2.05, 4.69) is 4.74 Å².